The normalized spacial score (nSPS) is 10.1. The van der Waals surface area contributed by atoms with Gasteiger partial charge >= 0.3 is 0 Å². The number of nitrogens with one attached hydrogen (secondary N) is 1. The van der Waals surface area contributed by atoms with E-state index >= 15 is 0 Å². The zero-order valence-electron chi connectivity index (χ0n) is 8.81. The van der Waals surface area contributed by atoms with Gasteiger partial charge in [-0.1, -0.05) is 5.16 Å². The van der Waals surface area contributed by atoms with Crippen molar-refractivity contribution in [1.82, 2.24) is 10.5 Å². The van der Waals surface area contributed by atoms with E-state index in [1.165, 1.54) is 6.07 Å². The molecular formula is C11H6F2N2O3. The van der Waals surface area contributed by atoms with Gasteiger partial charge in [-0.2, -0.15) is 0 Å². The summed E-state index contributed by atoms with van der Waals surface area (Å²) in [6, 6.07) is 3.59. The lowest BCUT2D eigenvalue weighted by molar-refractivity contribution is 0.0841. The summed E-state index contributed by atoms with van der Waals surface area (Å²) >= 11 is 0. The number of aromatic nitrogens is 1. The van der Waals surface area contributed by atoms with Crippen LogP contribution < -0.4 is 5.32 Å². The highest BCUT2D eigenvalue weighted by Crippen LogP contribution is 2.09. The van der Waals surface area contributed by atoms with Crippen LogP contribution in [0.3, 0.4) is 0 Å². The first kappa shape index (κ1) is 11.9. The number of hydrogen-bond acceptors (Lipinski definition) is 4. The van der Waals surface area contributed by atoms with Gasteiger partial charge in [0.15, 0.2) is 5.69 Å². The Balaban J connectivity index is 2.17. The molecule has 1 heterocycles. The third-order valence-corrected chi connectivity index (χ3v) is 2.07. The summed E-state index contributed by atoms with van der Waals surface area (Å²) in [5.41, 5.74) is -0.702. The summed E-state index contributed by atoms with van der Waals surface area (Å²) in [5, 5.41) is 5.16. The van der Waals surface area contributed by atoms with Crippen molar-refractivity contribution in [3.8, 4) is 0 Å². The van der Waals surface area contributed by atoms with Crippen LogP contribution in [0.2, 0.25) is 0 Å². The average molecular weight is 252 g/mol. The Labute approximate surface area is 99.4 Å². The van der Waals surface area contributed by atoms with E-state index in [0.29, 0.717) is 6.07 Å². The number of carbonyl (C=O) groups excluding carboxylic acids is 2. The summed E-state index contributed by atoms with van der Waals surface area (Å²) in [4.78, 5) is 22.9. The van der Waals surface area contributed by atoms with Gasteiger partial charge in [0, 0.05) is 6.07 Å². The Kier molecular flexibility index (Phi) is 3.13. The van der Waals surface area contributed by atoms with Crippen LogP contribution in [-0.2, 0) is 0 Å². The fourth-order valence-corrected chi connectivity index (χ4v) is 1.24. The van der Waals surface area contributed by atoms with Crippen molar-refractivity contribution in [3.63, 3.8) is 0 Å². The van der Waals surface area contributed by atoms with E-state index in [1.54, 1.807) is 0 Å². The molecule has 0 saturated heterocycles. The van der Waals surface area contributed by atoms with Crippen molar-refractivity contribution < 1.29 is 22.9 Å². The van der Waals surface area contributed by atoms with E-state index in [9.17, 15) is 18.4 Å². The second-order valence-electron chi connectivity index (χ2n) is 3.29. The molecule has 92 valence electrons. The molecule has 1 aromatic carbocycles. The highest BCUT2D eigenvalue weighted by atomic mass is 19.1. The van der Waals surface area contributed by atoms with Crippen molar-refractivity contribution in [2.45, 2.75) is 0 Å². The molecule has 2 rings (SSSR count). The molecule has 0 aliphatic rings. The molecule has 2 amide bonds. The van der Waals surface area contributed by atoms with Gasteiger partial charge in [-0.3, -0.25) is 14.9 Å². The molecule has 0 unspecified atom stereocenters. The number of carbonyl (C=O) groups is 2. The van der Waals surface area contributed by atoms with Crippen LogP contribution in [0.1, 0.15) is 20.8 Å². The SMILES string of the molecule is O=C(NC(=O)c1cc(F)ccc1F)c1ccon1. The third kappa shape index (κ3) is 2.40. The van der Waals surface area contributed by atoms with E-state index < -0.39 is 29.0 Å². The fraction of sp³-hybridized carbons (Fsp3) is 0. The summed E-state index contributed by atoms with van der Waals surface area (Å²) in [6.45, 7) is 0. The average Bonchev–Trinajstić information content (AvgIpc) is 2.85. The molecule has 0 bridgehead atoms. The van der Waals surface area contributed by atoms with E-state index in [0.717, 1.165) is 18.4 Å². The Morgan fingerprint density at radius 1 is 1.17 bits per heavy atom. The lowest BCUT2D eigenvalue weighted by Crippen LogP contribution is -2.31. The van der Waals surface area contributed by atoms with Crippen LogP contribution in [0.25, 0.3) is 0 Å². The number of imide groups is 1. The van der Waals surface area contributed by atoms with Gasteiger partial charge in [0.05, 0.1) is 5.56 Å². The van der Waals surface area contributed by atoms with E-state index in [2.05, 4.69) is 9.68 Å². The fourth-order valence-electron chi connectivity index (χ4n) is 1.24. The highest BCUT2D eigenvalue weighted by molar-refractivity contribution is 6.09. The van der Waals surface area contributed by atoms with Crippen molar-refractivity contribution >= 4 is 11.8 Å². The molecule has 0 radical (unpaired) electrons. The maximum Gasteiger partial charge on any atom is 0.280 e. The summed E-state index contributed by atoms with van der Waals surface area (Å²) in [6.07, 6.45) is 1.14. The molecule has 0 aliphatic heterocycles. The maximum atomic E-state index is 13.2. The molecule has 2 aromatic rings. The van der Waals surface area contributed by atoms with Crippen LogP contribution in [-0.4, -0.2) is 17.0 Å². The van der Waals surface area contributed by atoms with Crippen molar-refractivity contribution in [2.75, 3.05) is 0 Å². The smallest absolute Gasteiger partial charge is 0.280 e. The number of benzene rings is 1. The van der Waals surface area contributed by atoms with Gasteiger partial charge in [0.2, 0.25) is 0 Å². The van der Waals surface area contributed by atoms with Gasteiger partial charge < -0.3 is 4.52 Å². The number of rotatable bonds is 2. The van der Waals surface area contributed by atoms with E-state index in [1.807, 2.05) is 5.32 Å². The van der Waals surface area contributed by atoms with Crippen LogP contribution in [0.15, 0.2) is 35.1 Å². The summed E-state index contributed by atoms with van der Waals surface area (Å²) < 4.78 is 30.5. The Bertz CT molecular complexity index is 596. The molecular weight excluding hydrogens is 246 g/mol. The Morgan fingerprint density at radius 3 is 2.61 bits per heavy atom. The molecule has 0 saturated carbocycles. The number of halogens is 2. The van der Waals surface area contributed by atoms with E-state index in [-0.39, 0.29) is 5.69 Å². The first-order chi connectivity index (χ1) is 8.58. The minimum Gasteiger partial charge on any atom is -0.364 e. The summed E-state index contributed by atoms with van der Waals surface area (Å²) in [5.74, 6) is -3.63. The predicted octanol–water partition coefficient (Wildman–Crippen LogP) is 1.52. The van der Waals surface area contributed by atoms with Crippen molar-refractivity contribution in [2.24, 2.45) is 0 Å². The van der Waals surface area contributed by atoms with Gasteiger partial charge in [-0.25, -0.2) is 8.78 Å². The molecule has 0 atom stereocenters. The minimum absolute atomic E-state index is 0.139. The molecule has 5 nitrogen and oxygen atoms in total. The molecule has 1 aromatic heterocycles. The van der Waals surface area contributed by atoms with Crippen molar-refractivity contribution in [1.29, 1.82) is 0 Å². The van der Waals surface area contributed by atoms with Crippen LogP contribution >= 0.6 is 0 Å². The second-order valence-corrected chi connectivity index (χ2v) is 3.29. The largest absolute Gasteiger partial charge is 0.364 e. The lowest BCUT2D eigenvalue weighted by Gasteiger charge is -2.03. The molecule has 1 N–H and O–H groups in total. The quantitative estimate of drug-likeness (QED) is 0.822. The lowest BCUT2D eigenvalue weighted by atomic mass is 10.2. The van der Waals surface area contributed by atoms with Gasteiger partial charge in [0.25, 0.3) is 11.8 Å². The number of amides is 2. The highest BCUT2D eigenvalue weighted by Gasteiger charge is 2.17. The predicted molar refractivity (Wildman–Crippen MR) is 54.7 cm³/mol. The molecule has 0 fully saturated rings. The molecule has 0 aliphatic carbocycles. The Hall–Kier alpha value is -2.57. The number of nitrogens with zero attached hydrogens (tertiary/aromatic N) is 1. The zero-order valence-corrected chi connectivity index (χ0v) is 8.81. The maximum absolute atomic E-state index is 13.2. The first-order valence-electron chi connectivity index (χ1n) is 4.79. The number of hydrogen-bond donors (Lipinski definition) is 1. The first-order valence-corrected chi connectivity index (χ1v) is 4.79. The third-order valence-electron chi connectivity index (χ3n) is 2.07. The topological polar surface area (TPSA) is 72.2 Å². The van der Waals surface area contributed by atoms with E-state index in [4.69, 9.17) is 0 Å². The molecule has 7 heteroatoms. The standard InChI is InChI=1S/C11H6F2N2O3/c12-6-1-2-8(13)7(5-6)10(16)14-11(17)9-3-4-18-15-9/h1-5H,(H,14,16,17). The minimum atomic E-state index is -1.06. The monoisotopic (exact) mass is 252 g/mol. The van der Waals surface area contributed by atoms with Crippen LogP contribution in [0.4, 0.5) is 8.78 Å². The van der Waals surface area contributed by atoms with Gasteiger partial charge in [-0.05, 0) is 18.2 Å². The van der Waals surface area contributed by atoms with Crippen molar-refractivity contribution in [3.05, 3.63) is 53.4 Å². The Morgan fingerprint density at radius 2 is 1.94 bits per heavy atom. The zero-order chi connectivity index (χ0) is 13.1. The molecule has 0 spiro atoms. The van der Waals surface area contributed by atoms with Gasteiger partial charge in [0.1, 0.15) is 17.9 Å². The summed E-state index contributed by atoms with van der Waals surface area (Å²) in [7, 11) is 0. The van der Waals surface area contributed by atoms with Crippen LogP contribution in [0.5, 0.6) is 0 Å². The molecule has 18 heavy (non-hydrogen) atoms. The van der Waals surface area contributed by atoms with Gasteiger partial charge in [-0.15, -0.1) is 0 Å². The second kappa shape index (κ2) is 4.74. The van der Waals surface area contributed by atoms with Crippen LogP contribution in [0, 0.1) is 11.6 Å².